The third-order valence-corrected chi connectivity index (χ3v) is 8.09. The molecule has 1 aliphatic heterocycles. The Kier molecular flexibility index (Phi) is 6.93. The van der Waals surface area contributed by atoms with E-state index in [2.05, 4.69) is 34.9 Å². The number of amidine groups is 1. The number of hydrogen-bond donors (Lipinski definition) is 4. The average Bonchev–Trinajstić information content (AvgIpc) is 3.37. The highest BCUT2D eigenvalue weighted by Crippen LogP contribution is 2.54. The zero-order chi connectivity index (χ0) is 28.7. The molecule has 4 aromatic carbocycles. The Morgan fingerprint density at radius 2 is 1.73 bits per heavy atom. The van der Waals surface area contributed by atoms with Gasteiger partial charge in [-0.1, -0.05) is 41.9 Å². The first kappa shape index (κ1) is 26.5. The average molecular weight is 569 g/mol. The molecule has 8 nitrogen and oxygen atoms in total. The van der Waals surface area contributed by atoms with Crippen molar-refractivity contribution in [3.63, 3.8) is 0 Å². The van der Waals surface area contributed by atoms with E-state index in [9.17, 15) is 4.79 Å². The van der Waals surface area contributed by atoms with Crippen LogP contribution in [0, 0.1) is 11.3 Å². The van der Waals surface area contributed by atoms with E-state index < -0.39 is 6.09 Å². The molecule has 9 heteroatoms. The molecule has 0 saturated carbocycles. The number of nitrogens with one attached hydrogen (secondary N) is 3. The Labute approximate surface area is 242 Å². The number of halogens is 1. The van der Waals surface area contributed by atoms with E-state index in [1.807, 2.05) is 30.3 Å². The van der Waals surface area contributed by atoms with Crippen LogP contribution in [-0.2, 0) is 6.42 Å². The molecule has 2 aliphatic rings. The van der Waals surface area contributed by atoms with Crippen molar-refractivity contribution in [3.8, 4) is 17.2 Å². The first-order valence-electron chi connectivity index (χ1n) is 13.2. The molecule has 0 aromatic heterocycles. The van der Waals surface area contributed by atoms with Crippen LogP contribution in [0.5, 0.6) is 17.2 Å². The summed E-state index contributed by atoms with van der Waals surface area (Å²) < 4.78 is 16.6. The molecule has 41 heavy (non-hydrogen) atoms. The van der Waals surface area contributed by atoms with Crippen LogP contribution in [0.4, 0.5) is 16.2 Å². The van der Waals surface area contributed by atoms with Gasteiger partial charge in [-0.3, -0.25) is 10.7 Å². The molecule has 1 amide bonds. The van der Waals surface area contributed by atoms with E-state index >= 15 is 0 Å². The second-order valence-electron chi connectivity index (χ2n) is 10.2. The number of benzene rings is 4. The summed E-state index contributed by atoms with van der Waals surface area (Å²) in [5, 5.41) is 14.8. The zero-order valence-electron chi connectivity index (χ0n) is 22.5. The largest absolute Gasteiger partial charge is 0.495 e. The third-order valence-electron chi connectivity index (χ3n) is 7.86. The van der Waals surface area contributed by atoms with Gasteiger partial charge in [-0.05, 0) is 83.1 Å². The Morgan fingerprint density at radius 3 is 2.51 bits per heavy atom. The van der Waals surface area contributed by atoms with E-state index in [-0.39, 0.29) is 29.5 Å². The monoisotopic (exact) mass is 568 g/mol. The van der Waals surface area contributed by atoms with Gasteiger partial charge in [0, 0.05) is 22.2 Å². The van der Waals surface area contributed by atoms with Crippen LogP contribution < -0.4 is 30.6 Å². The minimum absolute atomic E-state index is 0.0319. The van der Waals surface area contributed by atoms with Crippen molar-refractivity contribution < 1.29 is 19.0 Å². The molecular weight excluding hydrogens is 540 g/mol. The normalized spacial score (nSPS) is 18.3. The van der Waals surface area contributed by atoms with Crippen molar-refractivity contribution in [1.29, 1.82) is 5.41 Å². The fraction of sp³-hybridized carbons (Fsp3) is 0.188. The molecule has 6 rings (SSSR count). The molecular formula is C32H29ClN4O4. The van der Waals surface area contributed by atoms with Crippen molar-refractivity contribution in [2.24, 2.45) is 11.7 Å². The number of ether oxygens (including phenoxy) is 3. The van der Waals surface area contributed by atoms with E-state index in [4.69, 9.17) is 37.0 Å². The maximum Gasteiger partial charge on any atom is 0.417 e. The van der Waals surface area contributed by atoms with Crippen LogP contribution >= 0.6 is 11.6 Å². The predicted molar refractivity (Wildman–Crippen MR) is 160 cm³/mol. The van der Waals surface area contributed by atoms with Crippen LogP contribution in [0.25, 0.3) is 0 Å². The van der Waals surface area contributed by atoms with Gasteiger partial charge in [-0.2, -0.15) is 0 Å². The van der Waals surface area contributed by atoms with Gasteiger partial charge in [0.15, 0.2) is 11.5 Å². The highest BCUT2D eigenvalue weighted by Gasteiger charge is 2.43. The van der Waals surface area contributed by atoms with Crippen LogP contribution in [0.1, 0.15) is 39.8 Å². The Balaban J connectivity index is 1.31. The fourth-order valence-electron chi connectivity index (χ4n) is 6.03. The Bertz CT molecular complexity index is 1670. The maximum absolute atomic E-state index is 12.8. The number of methoxy groups -OCH3 is 2. The minimum atomic E-state index is -0.700. The Hall–Kier alpha value is -4.69. The summed E-state index contributed by atoms with van der Waals surface area (Å²) in [4.78, 5) is 12.8. The second-order valence-corrected chi connectivity index (χ2v) is 10.6. The number of hydrogen-bond acceptors (Lipinski definition) is 6. The third kappa shape index (κ3) is 4.91. The zero-order valence-corrected chi connectivity index (χ0v) is 23.3. The summed E-state index contributed by atoms with van der Waals surface area (Å²) in [6, 6.07) is 24.9. The van der Waals surface area contributed by atoms with Crippen molar-refractivity contribution in [2.75, 3.05) is 24.9 Å². The number of nitrogen functional groups attached to an aromatic ring is 1. The molecule has 1 heterocycles. The molecule has 1 aliphatic carbocycles. The van der Waals surface area contributed by atoms with E-state index in [0.717, 1.165) is 23.2 Å². The summed E-state index contributed by atoms with van der Waals surface area (Å²) in [6.07, 6.45) is 0.195. The van der Waals surface area contributed by atoms with Gasteiger partial charge in [0.2, 0.25) is 0 Å². The summed E-state index contributed by atoms with van der Waals surface area (Å²) in [7, 11) is 3.06. The first-order chi connectivity index (χ1) is 19.9. The van der Waals surface area contributed by atoms with Crippen LogP contribution in [0.15, 0.2) is 78.9 Å². The van der Waals surface area contributed by atoms with Gasteiger partial charge in [0.1, 0.15) is 11.6 Å². The second kappa shape index (κ2) is 10.7. The van der Waals surface area contributed by atoms with Gasteiger partial charge in [-0.25, -0.2) is 4.79 Å². The summed E-state index contributed by atoms with van der Waals surface area (Å²) in [6.45, 7) is 0. The number of nitrogens with two attached hydrogens (primary N) is 1. The molecule has 3 unspecified atom stereocenters. The number of fused-ring (bicyclic) bond motifs is 5. The fourth-order valence-corrected chi connectivity index (χ4v) is 6.21. The molecule has 5 N–H and O–H groups in total. The topological polar surface area (TPSA) is 119 Å². The van der Waals surface area contributed by atoms with Gasteiger partial charge in [0.05, 0.1) is 25.9 Å². The molecule has 0 saturated heterocycles. The van der Waals surface area contributed by atoms with Gasteiger partial charge in [0.25, 0.3) is 0 Å². The van der Waals surface area contributed by atoms with Gasteiger partial charge >= 0.3 is 6.09 Å². The lowest BCUT2D eigenvalue weighted by Crippen LogP contribution is -2.30. The van der Waals surface area contributed by atoms with Crippen LogP contribution in [0.3, 0.4) is 0 Å². The number of carbonyl (C=O) groups excluding carboxylic acids is 1. The molecule has 0 radical (unpaired) electrons. The molecule has 4 aromatic rings. The number of rotatable bonds is 6. The lowest BCUT2D eigenvalue weighted by atomic mass is 9.75. The predicted octanol–water partition coefficient (Wildman–Crippen LogP) is 6.72. The highest BCUT2D eigenvalue weighted by atomic mass is 35.5. The number of amides is 1. The van der Waals surface area contributed by atoms with Crippen LogP contribution in [0.2, 0.25) is 5.02 Å². The highest BCUT2D eigenvalue weighted by molar-refractivity contribution is 6.31. The summed E-state index contributed by atoms with van der Waals surface area (Å²) in [5.74, 6) is 1.59. The van der Waals surface area contributed by atoms with Gasteiger partial charge in [-0.15, -0.1) is 0 Å². The smallest absolute Gasteiger partial charge is 0.417 e. The molecule has 208 valence electrons. The Morgan fingerprint density at radius 1 is 0.951 bits per heavy atom. The molecule has 0 bridgehead atoms. The van der Waals surface area contributed by atoms with Crippen molar-refractivity contribution in [2.45, 2.75) is 18.4 Å². The lowest BCUT2D eigenvalue weighted by Gasteiger charge is -2.38. The maximum atomic E-state index is 12.8. The number of carbonyl (C=O) groups is 1. The van der Waals surface area contributed by atoms with Crippen molar-refractivity contribution in [3.05, 3.63) is 112 Å². The minimum Gasteiger partial charge on any atom is -0.495 e. The van der Waals surface area contributed by atoms with E-state index in [1.54, 1.807) is 31.4 Å². The van der Waals surface area contributed by atoms with Crippen molar-refractivity contribution >= 4 is 34.9 Å². The SMILES string of the molecule is COc1ccc(Cl)cc1NC(=O)Oc1ccc(C2Nc3ccc(C(=N)N)cc3C3c4ccccc4CC23)cc1OC. The molecule has 3 atom stereocenters. The first-order valence-corrected chi connectivity index (χ1v) is 13.6. The molecule has 0 fully saturated rings. The molecule has 0 spiro atoms. The number of anilines is 2. The van der Waals surface area contributed by atoms with Crippen molar-refractivity contribution in [1.82, 2.24) is 0 Å². The summed E-state index contributed by atoms with van der Waals surface area (Å²) in [5.41, 5.74) is 12.7. The quantitative estimate of drug-likeness (QED) is 0.151. The standard InChI is InChI=1S/C32H29ClN4O4/c1-39-26-12-9-20(33)16-25(26)37-32(38)41-27-11-8-18(15-28(27)40-2)30-23-13-17-5-3-4-6-21(17)29(23)22-14-19(31(34)35)7-10-24(22)36-30/h3-12,14-16,23,29-30,36H,13H2,1-2H3,(H3,34,35)(H,37,38). The van der Waals surface area contributed by atoms with Crippen LogP contribution in [-0.4, -0.2) is 26.1 Å². The lowest BCUT2D eigenvalue weighted by molar-refractivity contribution is 0.213. The van der Waals surface area contributed by atoms with E-state index in [1.165, 1.54) is 18.2 Å². The summed E-state index contributed by atoms with van der Waals surface area (Å²) >= 11 is 6.09. The van der Waals surface area contributed by atoms with Gasteiger partial charge < -0.3 is 25.3 Å². The van der Waals surface area contributed by atoms with E-state index in [0.29, 0.717) is 27.8 Å².